The molecule has 0 atom stereocenters. The SMILES string of the molecule is CCCCCNC(=O)NCCOc1cccc2cccnc12. The number of carbonyl (C=O) groups excluding carboxylic acids is 1. The van der Waals surface area contributed by atoms with E-state index < -0.39 is 0 Å². The van der Waals surface area contributed by atoms with E-state index in [0.29, 0.717) is 19.7 Å². The van der Waals surface area contributed by atoms with Crippen LogP contribution >= 0.6 is 0 Å². The number of rotatable bonds is 8. The van der Waals surface area contributed by atoms with Gasteiger partial charge >= 0.3 is 6.03 Å². The normalized spacial score (nSPS) is 10.4. The highest BCUT2D eigenvalue weighted by Crippen LogP contribution is 2.22. The molecule has 0 saturated carbocycles. The number of fused-ring (bicyclic) bond motifs is 1. The molecule has 22 heavy (non-hydrogen) atoms. The van der Waals surface area contributed by atoms with E-state index in [4.69, 9.17) is 4.74 Å². The van der Waals surface area contributed by atoms with Gasteiger partial charge in [0.1, 0.15) is 17.9 Å². The van der Waals surface area contributed by atoms with Crippen molar-refractivity contribution < 1.29 is 9.53 Å². The first-order chi connectivity index (χ1) is 10.8. The second-order valence-corrected chi connectivity index (χ2v) is 5.07. The third-order valence-corrected chi connectivity index (χ3v) is 3.31. The quantitative estimate of drug-likeness (QED) is 0.736. The van der Waals surface area contributed by atoms with E-state index in [1.165, 1.54) is 0 Å². The number of benzene rings is 1. The maximum absolute atomic E-state index is 11.5. The van der Waals surface area contributed by atoms with E-state index in [1.807, 2.05) is 30.3 Å². The number of pyridine rings is 1. The minimum atomic E-state index is -0.143. The van der Waals surface area contributed by atoms with Crippen LogP contribution in [0, 0.1) is 0 Å². The maximum Gasteiger partial charge on any atom is 0.314 e. The zero-order chi connectivity index (χ0) is 15.6. The molecule has 0 unspecified atom stereocenters. The summed E-state index contributed by atoms with van der Waals surface area (Å²) in [5.74, 6) is 0.739. The lowest BCUT2D eigenvalue weighted by Crippen LogP contribution is -2.38. The molecule has 0 fully saturated rings. The van der Waals surface area contributed by atoms with Crippen molar-refractivity contribution in [3.05, 3.63) is 36.5 Å². The largest absolute Gasteiger partial charge is 0.489 e. The summed E-state index contributed by atoms with van der Waals surface area (Å²) < 4.78 is 5.71. The van der Waals surface area contributed by atoms with E-state index in [2.05, 4.69) is 22.5 Å². The Morgan fingerprint density at radius 2 is 1.95 bits per heavy atom. The molecule has 118 valence electrons. The Morgan fingerprint density at radius 3 is 2.82 bits per heavy atom. The standard InChI is InChI=1S/C17H23N3O2/c1-2-3-4-10-19-17(21)20-12-13-22-15-9-5-7-14-8-6-11-18-16(14)15/h5-9,11H,2-4,10,12-13H2,1H3,(H2,19,20,21). The zero-order valence-electron chi connectivity index (χ0n) is 13.0. The Kier molecular flexibility index (Phi) is 6.48. The van der Waals surface area contributed by atoms with Crippen molar-refractivity contribution in [2.24, 2.45) is 0 Å². The number of hydrogen-bond donors (Lipinski definition) is 2. The second kappa shape index (κ2) is 8.87. The van der Waals surface area contributed by atoms with Gasteiger partial charge in [-0.3, -0.25) is 4.98 Å². The van der Waals surface area contributed by atoms with Crippen LogP contribution in [0.1, 0.15) is 26.2 Å². The summed E-state index contributed by atoms with van der Waals surface area (Å²) in [7, 11) is 0. The number of carbonyl (C=O) groups is 1. The van der Waals surface area contributed by atoms with Crippen LogP contribution in [-0.4, -0.2) is 30.7 Å². The Balaban J connectivity index is 1.71. The van der Waals surface area contributed by atoms with Crippen molar-refractivity contribution in [3.8, 4) is 5.75 Å². The number of amides is 2. The smallest absolute Gasteiger partial charge is 0.314 e. The van der Waals surface area contributed by atoms with E-state index in [-0.39, 0.29) is 6.03 Å². The van der Waals surface area contributed by atoms with Crippen molar-refractivity contribution in [1.82, 2.24) is 15.6 Å². The molecule has 5 heteroatoms. The molecule has 5 nitrogen and oxygen atoms in total. The van der Waals surface area contributed by atoms with Crippen LogP contribution in [0.5, 0.6) is 5.75 Å². The lowest BCUT2D eigenvalue weighted by molar-refractivity contribution is 0.236. The average molecular weight is 301 g/mol. The Morgan fingerprint density at radius 1 is 1.14 bits per heavy atom. The summed E-state index contributed by atoms with van der Waals surface area (Å²) in [6.45, 7) is 3.73. The third kappa shape index (κ3) is 4.91. The predicted molar refractivity (Wildman–Crippen MR) is 88.2 cm³/mol. The molecule has 0 spiro atoms. The van der Waals surface area contributed by atoms with Gasteiger partial charge < -0.3 is 15.4 Å². The molecule has 2 amide bonds. The lowest BCUT2D eigenvalue weighted by Gasteiger charge is -2.10. The minimum absolute atomic E-state index is 0.143. The average Bonchev–Trinajstić information content (AvgIpc) is 2.56. The highest BCUT2D eigenvalue weighted by Gasteiger charge is 2.03. The van der Waals surface area contributed by atoms with E-state index in [0.717, 1.165) is 35.9 Å². The number of unbranched alkanes of at least 4 members (excludes halogenated alkanes) is 2. The second-order valence-electron chi connectivity index (χ2n) is 5.07. The van der Waals surface area contributed by atoms with E-state index in [1.54, 1.807) is 6.20 Å². The van der Waals surface area contributed by atoms with Crippen molar-refractivity contribution >= 4 is 16.9 Å². The van der Waals surface area contributed by atoms with Gasteiger partial charge in [-0.25, -0.2) is 4.79 Å². The Hall–Kier alpha value is -2.30. The third-order valence-electron chi connectivity index (χ3n) is 3.31. The fourth-order valence-electron chi connectivity index (χ4n) is 2.16. The Bertz CT molecular complexity index is 596. The van der Waals surface area contributed by atoms with Crippen molar-refractivity contribution in [3.63, 3.8) is 0 Å². The van der Waals surface area contributed by atoms with Crippen LogP contribution in [0.25, 0.3) is 10.9 Å². The van der Waals surface area contributed by atoms with Gasteiger partial charge in [0.05, 0.1) is 6.54 Å². The monoisotopic (exact) mass is 301 g/mol. The Labute approximate surface area is 131 Å². The predicted octanol–water partition coefficient (Wildman–Crippen LogP) is 3.10. The number of ether oxygens (including phenoxy) is 1. The molecule has 2 rings (SSSR count). The molecular formula is C17H23N3O2. The van der Waals surface area contributed by atoms with Gasteiger partial charge in [-0.15, -0.1) is 0 Å². The van der Waals surface area contributed by atoms with Crippen molar-refractivity contribution in [2.75, 3.05) is 19.7 Å². The molecule has 1 aromatic heterocycles. The van der Waals surface area contributed by atoms with Gasteiger partial charge in [0.2, 0.25) is 0 Å². The fraction of sp³-hybridized carbons (Fsp3) is 0.412. The highest BCUT2D eigenvalue weighted by atomic mass is 16.5. The number of nitrogens with one attached hydrogen (secondary N) is 2. The van der Waals surface area contributed by atoms with Gasteiger partial charge in [0.25, 0.3) is 0 Å². The van der Waals surface area contributed by atoms with Crippen LogP contribution in [0.15, 0.2) is 36.5 Å². The summed E-state index contributed by atoms with van der Waals surface area (Å²) in [5, 5.41) is 6.65. The van der Waals surface area contributed by atoms with Crippen LogP contribution in [-0.2, 0) is 0 Å². The molecule has 0 aliphatic carbocycles. The number of aromatic nitrogens is 1. The molecule has 0 bridgehead atoms. The van der Waals surface area contributed by atoms with Crippen LogP contribution in [0.2, 0.25) is 0 Å². The first-order valence-electron chi connectivity index (χ1n) is 7.79. The van der Waals surface area contributed by atoms with Crippen molar-refractivity contribution in [1.29, 1.82) is 0 Å². The van der Waals surface area contributed by atoms with Gasteiger partial charge in [0.15, 0.2) is 0 Å². The minimum Gasteiger partial charge on any atom is -0.489 e. The van der Waals surface area contributed by atoms with E-state index >= 15 is 0 Å². The van der Waals surface area contributed by atoms with Gasteiger partial charge in [-0.1, -0.05) is 38.0 Å². The number of para-hydroxylation sites is 1. The summed E-state index contributed by atoms with van der Waals surface area (Å²) in [4.78, 5) is 15.9. The molecule has 2 aromatic rings. The zero-order valence-corrected chi connectivity index (χ0v) is 13.0. The summed E-state index contributed by atoms with van der Waals surface area (Å²) in [5.41, 5.74) is 0.842. The fourth-order valence-corrected chi connectivity index (χ4v) is 2.16. The molecule has 1 aromatic carbocycles. The van der Waals surface area contributed by atoms with Crippen LogP contribution < -0.4 is 15.4 Å². The van der Waals surface area contributed by atoms with Crippen LogP contribution in [0.3, 0.4) is 0 Å². The first-order valence-corrected chi connectivity index (χ1v) is 7.79. The van der Waals surface area contributed by atoms with Gasteiger partial charge in [-0.05, 0) is 18.6 Å². The summed E-state index contributed by atoms with van der Waals surface area (Å²) in [6, 6.07) is 9.58. The van der Waals surface area contributed by atoms with Gasteiger partial charge in [0, 0.05) is 18.1 Å². The van der Waals surface area contributed by atoms with Crippen LogP contribution in [0.4, 0.5) is 4.79 Å². The molecule has 0 radical (unpaired) electrons. The summed E-state index contributed by atoms with van der Waals surface area (Å²) in [6.07, 6.45) is 5.05. The lowest BCUT2D eigenvalue weighted by atomic mass is 10.2. The number of hydrogen-bond acceptors (Lipinski definition) is 3. The molecule has 1 heterocycles. The first kappa shape index (κ1) is 16.1. The molecule has 0 aliphatic rings. The molecule has 2 N–H and O–H groups in total. The molecular weight excluding hydrogens is 278 g/mol. The summed E-state index contributed by atoms with van der Waals surface area (Å²) >= 11 is 0. The van der Waals surface area contributed by atoms with Gasteiger partial charge in [-0.2, -0.15) is 0 Å². The van der Waals surface area contributed by atoms with E-state index in [9.17, 15) is 4.79 Å². The topological polar surface area (TPSA) is 63.2 Å². The molecule has 0 saturated heterocycles. The molecule has 0 aliphatic heterocycles. The maximum atomic E-state index is 11.5. The number of urea groups is 1. The number of nitrogens with zero attached hydrogens (tertiary/aromatic N) is 1. The highest BCUT2D eigenvalue weighted by molar-refractivity contribution is 5.84. The van der Waals surface area contributed by atoms with Crippen molar-refractivity contribution in [2.45, 2.75) is 26.2 Å².